The van der Waals surface area contributed by atoms with Crippen LogP contribution in [-0.2, 0) is 32.6 Å². The highest BCUT2D eigenvalue weighted by Gasteiger charge is 2.26. The van der Waals surface area contributed by atoms with E-state index in [-0.39, 0.29) is 6.16 Å². The van der Waals surface area contributed by atoms with Gasteiger partial charge in [0.05, 0.1) is 19.4 Å². The van der Waals surface area contributed by atoms with E-state index in [9.17, 15) is 9.67 Å². The van der Waals surface area contributed by atoms with Gasteiger partial charge in [-0.25, -0.2) is 0 Å². The van der Waals surface area contributed by atoms with Crippen LogP contribution in [0.1, 0.15) is 170 Å². The van der Waals surface area contributed by atoms with Crippen LogP contribution < -0.4 is 0 Å². The van der Waals surface area contributed by atoms with Crippen molar-refractivity contribution in [3.63, 3.8) is 0 Å². The summed E-state index contributed by atoms with van der Waals surface area (Å²) in [5.41, 5.74) is 4.84. The molecule has 0 unspecified atom stereocenters. The van der Waals surface area contributed by atoms with E-state index < -0.39 is 7.60 Å². The fraction of sp³-hybridized carbons (Fsp3) is 0.600. The van der Waals surface area contributed by atoms with Crippen LogP contribution in [0.25, 0.3) is 0 Å². The van der Waals surface area contributed by atoms with Crippen LogP contribution in [0.15, 0.2) is 72.8 Å². The van der Waals surface area contributed by atoms with Crippen molar-refractivity contribution in [2.45, 2.75) is 161 Å². The Morgan fingerprint density at radius 1 is 0.480 bits per heavy atom. The number of hydrogen-bond acceptors (Lipinski definition) is 4. The van der Waals surface area contributed by atoms with E-state index in [1.807, 2.05) is 48.5 Å². The van der Waals surface area contributed by atoms with E-state index in [4.69, 9.17) is 9.05 Å². The molecule has 0 aliphatic rings. The Kier molecular flexibility index (Phi) is 22.2. The maximum Gasteiger partial charge on any atom is 0.335 e. The molecule has 0 spiro atoms. The third kappa shape index (κ3) is 18.2. The van der Waals surface area contributed by atoms with Gasteiger partial charge in [-0.15, -0.1) is 0 Å². The van der Waals surface area contributed by atoms with Gasteiger partial charge in [0, 0.05) is 12.8 Å². The van der Waals surface area contributed by atoms with E-state index in [2.05, 4.69) is 38.1 Å². The van der Waals surface area contributed by atoms with Gasteiger partial charge < -0.3 is 14.2 Å². The molecular formula is C45H69O4P. The highest BCUT2D eigenvalue weighted by molar-refractivity contribution is 7.53. The van der Waals surface area contributed by atoms with Gasteiger partial charge in [-0.2, -0.15) is 0 Å². The third-order valence-corrected chi connectivity index (χ3v) is 11.7. The highest BCUT2D eigenvalue weighted by atomic mass is 31.2. The zero-order valence-electron chi connectivity index (χ0n) is 31.7. The Morgan fingerprint density at radius 3 is 1.18 bits per heavy atom. The molecule has 0 bridgehead atoms. The van der Waals surface area contributed by atoms with Crippen LogP contribution >= 0.6 is 7.60 Å². The van der Waals surface area contributed by atoms with Crippen molar-refractivity contribution in [2.24, 2.45) is 0 Å². The highest BCUT2D eigenvalue weighted by Crippen LogP contribution is 2.52. The number of aromatic hydroxyl groups is 1. The summed E-state index contributed by atoms with van der Waals surface area (Å²) in [7, 11) is -3.40. The Bertz CT molecular complexity index is 1220. The van der Waals surface area contributed by atoms with Crippen LogP contribution in [0.3, 0.4) is 0 Å². The summed E-state index contributed by atoms with van der Waals surface area (Å²) in [5, 5.41) is 11.4. The van der Waals surface area contributed by atoms with Crippen LogP contribution in [0.2, 0.25) is 0 Å². The summed E-state index contributed by atoms with van der Waals surface area (Å²) < 4.78 is 26.9. The van der Waals surface area contributed by atoms with Crippen LogP contribution in [0, 0.1) is 0 Å². The van der Waals surface area contributed by atoms with Gasteiger partial charge >= 0.3 is 7.60 Å². The van der Waals surface area contributed by atoms with Crippen molar-refractivity contribution in [3.8, 4) is 5.75 Å². The molecule has 3 aromatic carbocycles. The van der Waals surface area contributed by atoms with E-state index in [1.54, 1.807) is 0 Å². The Labute approximate surface area is 306 Å². The molecule has 0 fully saturated rings. The molecule has 3 rings (SSSR count). The largest absolute Gasteiger partial charge is 0.507 e. The average molecular weight is 705 g/mol. The summed E-state index contributed by atoms with van der Waals surface area (Å²) in [6.45, 7) is 5.44. The zero-order chi connectivity index (χ0) is 35.5. The first-order valence-corrected chi connectivity index (χ1v) is 22.1. The van der Waals surface area contributed by atoms with Crippen LogP contribution in [0.4, 0.5) is 0 Å². The third-order valence-electron chi connectivity index (χ3n) is 9.75. The lowest BCUT2D eigenvalue weighted by molar-refractivity contribution is 0.196. The summed E-state index contributed by atoms with van der Waals surface area (Å²) >= 11 is 0. The SMILES string of the molecule is CCCCCCCCCCCCOP(=O)(Cc1cc(Cc2ccccc2)c(O)c(Cc2ccccc2)c1)OCCCCCCCCCCCC. The average Bonchev–Trinajstić information content (AvgIpc) is 3.12. The van der Waals surface area contributed by atoms with Gasteiger partial charge in [0.2, 0.25) is 0 Å². The number of unbranched alkanes of at least 4 members (excludes halogenated alkanes) is 18. The smallest absolute Gasteiger partial charge is 0.335 e. The lowest BCUT2D eigenvalue weighted by Gasteiger charge is -2.21. The number of benzene rings is 3. The molecular weight excluding hydrogens is 635 g/mol. The molecule has 3 aromatic rings. The minimum atomic E-state index is -3.40. The van der Waals surface area contributed by atoms with Crippen molar-refractivity contribution < 1.29 is 18.7 Å². The number of rotatable bonds is 30. The van der Waals surface area contributed by atoms with Gasteiger partial charge in [0.25, 0.3) is 0 Å². The standard InChI is InChI=1S/C45H69O4P/c1-3-5-7-9-11-13-15-17-19-27-33-48-50(47,49-34-28-20-18-16-14-12-10-8-6-4-2)39-42-37-43(35-40-29-23-21-24-30-40)45(46)44(38-42)36-41-31-25-22-26-32-41/h21-26,29-32,37-38,46H,3-20,27-28,33-36,39H2,1-2H3. The summed E-state index contributed by atoms with van der Waals surface area (Å²) in [4.78, 5) is 0. The lowest BCUT2D eigenvalue weighted by Crippen LogP contribution is -2.04. The summed E-state index contributed by atoms with van der Waals surface area (Å²) in [5.74, 6) is 0.314. The second-order valence-corrected chi connectivity index (χ2v) is 16.4. The van der Waals surface area contributed by atoms with Gasteiger partial charge in [0.1, 0.15) is 5.75 Å². The summed E-state index contributed by atoms with van der Waals surface area (Å²) in [6, 6.07) is 24.5. The molecule has 0 radical (unpaired) electrons. The lowest BCUT2D eigenvalue weighted by atomic mass is 9.95. The molecule has 0 atom stereocenters. The van der Waals surface area contributed by atoms with Gasteiger partial charge in [-0.1, -0.05) is 202 Å². The van der Waals surface area contributed by atoms with Gasteiger partial charge in [-0.3, -0.25) is 4.57 Å². The number of phenolic OH excluding ortho intramolecular Hbond substituents is 1. The monoisotopic (exact) mass is 704 g/mol. The Hall–Kier alpha value is -2.39. The number of phenols is 1. The normalized spacial score (nSPS) is 11.7. The van der Waals surface area contributed by atoms with E-state index in [0.717, 1.165) is 53.5 Å². The second kappa shape index (κ2) is 26.4. The predicted molar refractivity (Wildman–Crippen MR) is 214 cm³/mol. The molecule has 0 heterocycles. The van der Waals surface area contributed by atoms with Crippen molar-refractivity contribution in [1.29, 1.82) is 0 Å². The zero-order valence-corrected chi connectivity index (χ0v) is 32.6. The molecule has 0 aromatic heterocycles. The molecule has 0 amide bonds. The molecule has 0 saturated carbocycles. The van der Waals surface area contributed by atoms with Gasteiger partial charge in [-0.05, 0) is 40.7 Å². The van der Waals surface area contributed by atoms with Crippen LogP contribution in [-0.4, -0.2) is 18.3 Å². The first-order chi connectivity index (χ1) is 24.5. The quantitative estimate of drug-likeness (QED) is 0.0554. The fourth-order valence-electron chi connectivity index (χ4n) is 6.76. The van der Waals surface area contributed by atoms with Crippen molar-refractivity contribution in [2.75, 3.05) is 13.2 Å². The molecule has 278 valence electrons. The number of hydrogen-bond donors (Lipinski definition) is 1. The molecule has 4 nitrogen and oxygen atoms in total. The maximum absolute atomic E-state index is 14.4. The van der Waals surface area contributed by atoms with E-state index >= 15 is 0 Å². The molecule has 0 aliphatic carbocycles. The molecule has 5 heteroatoms. The van der Waals surface area contributed by atoms with Crippen LogP contribution in [0.5, 0.6) is 5.75 Å². The van der Waals surface area contributed by atoms with E-state index in [0.29, 0.717) is 31.8 Å². The Morgan fingerprint density at radius 2 is 0.820 bits per heavy atom. The van der Waals surface area contributed by atoms with Gasteiger partial charge in [0.15, 0.2) is 0 Å². The molecule has 0 saturated heterocycles. The minimum absolute atomic E-state index is 0.215. The maximum atomic E-state index is 14.4. The molecule has 0 aliphatic heterocycles. The van der Waals surface area contributed by atoms with E-state index in [1.165, 1.54) is 103 Å². The first kappa shape index (κ1) is 42.0. The Balaban J connectivity index is 1.63. The minimum Gasteiger partial charge on any atom is -0.507 e. The van der Waals surface area contributed by atoms with Crippen molar-refractivity contribution >= 4 is 7.60 Å². The molecule has 1 N–H and O–H groups in total. The molecule has 50 heavy (non-hydrogen) atoms. The second-order valence-electron chi connectivity index (χ2n) is 14.4. The fourth-order valence-corrected chi connectivity index (χ4v) is 8.46. The topological polar surface area (TPSA) is 55.8 Å². The van der Waals surface area contributed by atoms with Crippen molar-refractivity contribution in [3.05, 3.63) is 101 Å². The van der Waals surface area contributed by atoms with Crippen molar-refractivity contribution in [1.82, 2.24) is 0 Å². The first-order valence-electron chi connectivity index (χ1n) is 20.3. The summed E-state index contributed by atoms with van der Waals surface area (Å²) in [6.07, 6.45) is 26.3. The predicted octanol–water partition coefficient (Wildman–Crippen LogP) is 14.1.